The Kier molecular flexibility index (Phi) is 39.6. The maximum Gasteiger partial charge on any atom is 0.472 e. The first-order chi connectivity index (χ1) is 27.2. The molecular formula is C45H81O10P. The van der Waals surface area contributed by atoms with Crippen molar-refractivity contribution in [3.8, 4) is 0 Å². The molecule has 0 rings (SSSR count). The van der Waals surface area contributed by atoms with Gasteiger partial charge in [-0.05, 0) is 51.4 Å². The Balaban J connectivity index is 4.37. The monoisotopic (exact) mass is 813 g/mol. The number of aliphatic hydroxyl groups is 2. The van der Waals surface area contributed by atoms with Crippen molar-refractivity contribution in [1.29, 1.82) is 0 Å². The van der Waals surface area contributed by atoms with E-state index < -0.39 is 51.8 Å². The average Bonchev–Trinajstić information content (AvgIpc) is 3.19. The van der Waals surface area contributed by atoms with Gasteiger partial charge in [0.25, 0.3) is 0 Å². The summed E-state index contributed by atoms with van der Waals surface area (Å²) in [4.78, 5) is 34.9. The van der Waals surface area contributed by atoms with E-state index in [2.05, 4.69) is 60.9 Å². The van der Waals surface area contributed by atoms with Crippen LogP contribution in [0.3, 0.4) is 0 Å². The van der Waals surface area contributed by atoms with Gasteiger partial charge >= 0.3 is 19.8 Å². The number of aliphatic hydroxyl groups excluding tert-OH is 2. The topological polar surface area (TPSA) is 149 Å². The second-order valence-electron chi connectivity index (χ2n) is 14.7. The molecule has 56 heavy (non-hydrogen) atoms. The quantitative estimate of drug-likeness (QED) is 0.0236. The van der Waals surface area contributed by atoms with Crippen molar-refractivity contribution in [2.24, 2.45) is 0 Å². The van der Waals surface area contributed by atoms with Gasteiger partial charge in [-0.15, -0.1) is 0 Å². The van der Waals surface area contributed by atoms with Crippen molar-refractivity contribution >= 4 is 19.8 Å². The van der Waals surface area contributed by atoms with Crippen molar-refractivity contribution in [3.05, 3.63) is 48.6 Å². The molecule has 0 aromatic heterocycles. The van der Waals surface area contributed by atoms with Gasteiger partial charge in [0.2, 0.25) is 0 Å². The molecule has 3 N–H and O–H groups in total. The molecule has 0 bridgehead atoms. The summed E-state index contributed by atoms with van der Waals surface area (Å²) in [7, 11) is -4.63. The van der Waals surface area contributed by atoms with Crippen LogP contribution in [0.15, 0.2) is 48.6 Å². The number of unbranched alkanes of at least 4 members (excludes halogenated alkanes) is 19. The highest BCUT2D eigenvalue weighted by Crippen LogP contribution is 2.43. The Hall–Kier alpha value is -2.07. The molecule has 0 radical (unpaired) electrons. The predicted octanol–water partition coefficient (Wildman–Crippen LogP) is 11.7. The molecule has 0 aromatic carbocycles. The standard InChI is InChI=1S/C45H81O10P/c1-3-5-7-9-11-13-15-17-18-19-20-21-22-23-24-25-27-29-31-33-35-37-45(49)55-43(41-54-56(50,51)53-39-42(47)38-46)40-52-44(48)36-34-32-30-28-26-16-14-12-10-8-6-4-2/h18-19,21-22,24-25,29,31,42-43,46-47H,3-17,20,23,26-28,30,32-41H2,1-2H3,(H,50,51)/b19-18+,22-21+,25-24+,31-29+/t42-,43+/m0/s1. The van der Waals surface area contributed by atoms with Gasteiger partial charge in [-0.25, -0.2) is 4.57 Å². The molecule has 326 valence electrons. The van der Waals surface area contributed by atoms with Gasteiger partial charge in [0.15, 0.2) is 6.10 Å². The summed E-state index contributed by atoms with van der Waals surface area (Å²) in [5, 5.41) is 18.3. The number of ether oxygens (including phenoxy) is 2. The first kappa shape index (κ1) is 53.9. The number of esters is 2. The van der Waals surface area contributed by atoms with Gasteiger partial charge in [0, 0.05) is 12.8 Å². The van der Waals surface area contributed by atoms with Crippen LogP contribution >= 0.6 is 7.82 Å². The summed E-state index contributed by atoms with van der Waals surface area (Å²) in [6.45, 7) is 2.31. The summed E-state index contributed by atoms with van der Waals surface area (Å²) < 4.78 is 32.6. The van der Waals surface area contributed by atoms with Crippen LogP contribution in [0.5, 0.6) is 0 Å². The number of allylic oxidation sites excluding steroid dienone is 8. The zero-order chi connectivity index (χ0) is 41.2. The smallest absolute Gasteiger partial charge is 0.462 e. The lowest BCUT2D eigenvalue weighted by atomic mass is 10.0. The molecule has 0 saturated carbocycles. The summed E-state index contributed by atoms with van der Waals surface area (Å²) in [6.07, 6.45) is 43.7. The number of carbonyl (C=O) groups is 2. The van der Waals surface area contributed by atoms with Gasteiger partial charge in [0.1, 0.15) is 12.7 Å². The number of hydrogen-bond acceptors (Lipinski definition) is 9. The Morgan fingerprint density at radius 2 is 0.946 bits per heavy atom. The van der Waals surface area contributed by atoms with Gasteiger partial charge in [-0.2, -0.15) is 0 Å². The van der Waals surface area contributed by atoms with E-state index in [-0.39, 0.29) is 19.4 Å². The summed E-state index contributed by atoms with van der Waals surface area (Å²) >= 11 is 0. The first-order valence-corrected chi connectivity index (χ1v) is 23.6. The second kappa shape index (κ2) is 41.1. The van der Waals surface area contributed by atoms with Crippen molar-refractivity contribution in [1.82, 2.24) is 0 Å². The lowest BCUT2D eigenvalue weighted by molar-refractivity contribution is -0.161. The van der Waals surface area contributed by atoms with E-state index in [1.165, 1.54) is 103 Å². The fourth-order valence-corrected chi connectivity index (χ4v) is 6.60. The Morgan fingerprint density at radius 1 is 0.536 bits per heavy atom. The number of rotatable bonds is 41. The van der Waals surface area contributed by atoms with Crippen LogP contribution in [-0.2, 0) is 32.7 Å². The maximum absolute atomic E-state index is 12.6. The van der Waals surface area contributed by atoms with E-state index >= 15 is 0 Å². The highest BCUT2D eigenvalue weighted by atomic mass is 31.2. The molecule has 10 nitrogen and oxygen atoms in total. The van der Waals surface area contributed by atoms with E-state index in [1.54, 1.807) is 0 Å². The summed E-state index contributed by atoms with van der Waals surface area (Å²) in [5.41, 5.74) is 0. The zero-order valence-corrected chi connectivity index (χ0v) is 36.2. The Bertz CT molecular complexity index is 1070. The van der Waals surface area contributed by atoms with E-state index in [0.29, 0.717) is 19.3 Å². The second-order valence-corrected chi connectivity index (χ2v) is 16.2. The Morgan fingerprint density at radius 3 is 1.45 bits per heavy atom. The number of carbonyl (C=O) groups excluding carboxylic acids is 2. The van der Waals surface area contributed by atoms with Crippen LogP contribution < -0.4 is 0 Å². The number of hydrogen-bond donors (Lipinski definition) is 3. The molecule has 11 heteroatoms. The first-order valence-electron chi connectivity index (χ1n) is 22.1. The Labute approximate surface area is 341 Å². The molecular weight excluding hydrogens is 731 g/mol. The molecule has 0 fully saturated rings. The van der Waals surface area contributed by atoms with E-state index in [1.807, 2.05) is 6.08 Å². The highest BCUT2D eigenvalue weighted by molar-refractivity contribution is 7.47. The van der Waals surface area contributed by atoms with E-state index in [4.69, 9.17) is 19.1 Å². The molecule has 0 heterocycles. The third-order valence-corrected chi connectivity index (χ3v) is 10.2. The van der Waals surface area contributed by atoms with Crippen LogP contribution in [0.4, 0.5) is 0 Å². The van der Waals surface area contributed by atoms with E-state index in [0.717, 1.165) is 38.5 Å². The molecule has 0 spiro atoms. The van der Waals surface area contributed by atoms with Crippen LogP contribution in [0.2, 0.25) is 0 Å². The van der Waals surface area contributed by atoms with Crippen LogP contribution in [-0.4, -0.2) is 65.7 Å². The highest BCUT2D eigenvalue weighted by Gasteiger charge is 2.27. The van der Waals surface area contributed by atoms with Crippen LogP contribution in [0, 0.1) is 0 Å². The molecule has 0 aliphatic heterocycles. The molecule has 0 aliphatic carbocycles. The predicted molar refractivity (Wildman–Crippen MR) is 228 cm³/mol. The SMILES string of the molecule is CCCCCCCCC/C=C/C/C=C/C/C=C/C/C=C/CCCC(=O)O[C@H](COC(=O)CCCCCCCCCCCCCC)COP(=O)(O)OC[C@@H](O)CO. The van der Waals surface area contributed by atoms with Crippen LogP contribution in [0.25, 0.3) is 0 Å². The van der Waals surface area contributed by atoms with Crippen molar-refractivity contribution in [2.45, 2.75) is 199 Å². The maximum atomic E-state index is 12.6. The molecule has 1 unspecified atom stereocenters. The molecule has 0 amide bonds. The number of phosphoric ester groups is 1. The lowest BCUT2D eigenvalue weighted by Gasteiger charge is -2.20. The summed E-state index contributed by atoms with van der Waals surface area (Å²) in [6, 6.07) is 0. The molecule has 0 aliphatic rings. The van der Waals surface area contributed by atoms with Crippen LogP contribution in [0.1, 0.15) is 187 Å². The van der Waals surface area contributed by atoms with Crippen molar-refractivity contribution in [2.75, 3.05) is 26.4 Å². The van der Waals surface area contributed by atoms with Gasteiger partial charge < -0.3 is 24.6 Å². The largest absolute Gasteiger partial charge is 0.472 e. The molecule has 0 saturated heterocycles. The third kappa shape index (κ3) is 40.1. The normalized spacial score (nSPS) is 14.3. The third-order valence-electron chi connectivity index (χ3n) is 9.24. The van der Waals surface area contributed by atoms with Crippen molar-refractivity contribution < 1.29 is 47.8 Å². The minimum atomic E-state index is -4.63. The number of phosphoric acid groups is 1. The average molecular weight is 813 g/mol. The minimum Gasteiger partial charge on any atom is -0.462 e. The molecule has 0 aromatic rings. The van der Waals surface area contributed by atoms with Crippen molar-refractivity contribution in [3.63, 3.8) is 0 Å². The fourth-order valence-electron chi connectivity index (χ4n) is 5.81. The zero-order valence-electron chi connectivity index (χ0n) is 35.3. The van der Waals surface area contributed by atoms with Gasteiger partial charge in [0.05, 0.1) is 19.8 Å². The molecule has 3 atom stereocenters. The van der Waals surface area contributed by atoms with Gasteiger partial charge in [-0.3, -0.25) is 18.6 Å². The van der Waals surface area contributed by atoms with Gasteiger partial charge in [-0.1, -0.05) is 172 Å². The summed E-state index contributed by atoms with van der Waals surface area (Å²) in [5.74, 6) is -0.989. The van der Waals surface area contributed by atoms with E-state index in [9.17, 15) is 24.2 Å². The fraction of sp³-hybridized carbons (Fsp3) is 0.778. The lowest BCUT2D eigenvalue weighted by Crippen LogP contribution is -2.29. The minimum absolute atomic E-state index is 0.109.